The van der Waals surface area contributed by atoms with E-state index in [1.54, 1.807) is 13.8 Å². The van der Waals surface area contributed by atoms with Gasteiger partial charge in [0.15, 0.2) is 0 Å². The predicted octanol–water partition coefficient (Wildman–Crippen LogP) is 2.32. The van der Waals surface area contributed by atoms with Crippen molar-refractivity contribution in [1.29, 1.82) is 0 Å². The van der Waals surface area contributed by atoms with E-state index in [1.165, 1.54) is 6.92 Å². The Bertz CT molecular complexity index is 317. The summed E-state index contributed by atoms with van der Waals surface area (Å²) in [5, 5.41) is 8.69. The Labute approximate surface area is 107 Å². The lowest BCUT2D eigenvalue weighted by molar-refractivity contribution is -0.140. The average molecular weight is 280 g/mol. The van der Waals surface area contributed by atoms with E-state index >= 15 is 0 Å². The van der Waals surface area contributed by atoms with Crippen molar-refractivity contribution in [2.45, 2.75) is 33.6 Å². The van der Waals surface area contributed by atoms with Crippen LogP contribution in [-0.4, -0.2) is 36.2 Å². The molecule has 0 bridgehead atoms. The minimum Gasteiger partial charge on any atom is -0.481 e. The van der Waals surface area contributed by atoms with Crippen molar-refractivity contribution in [1.82, 2.24) is 0 Å². The molecule has 1 N–H and O–H groups in total. The highest BCUT2D eigenvalue weighted by Crippen LogP contribution is 2.49. The van der Waals surface area contributed by atoms with E-state index in [9.17, 15) is 14.2 Å². The summed E-state index contributed by atoms with van der Waals surface area (Å²) in [5.74, 6) is -1.91. The lowest BCUT2D eigenvalue weighted by atomic mass is 9.98. The van der Waals surface area contributed by atoms with Crippen molar-refractivity contribution in [2.75, 3.05) is 19.4 Å². The van der Waals surface area contributed by atoms with Gasteiger partial charge >= 0.3 is 13.6 Å². The van der Waals surface area contributed by atoms with Gasteiger partial charge in [-0.2, -0.15) is 0 Å². The number of aliphatic carboxylic acids is 1. The van der Waals surface area contributed by atoms with Gasteiger partial charge in [0.25, 0.3) is 0 Å². The summed E-state index contributed by atoms with van der Waals surface area (Å²) in [7, 11) is -3.20. The Morgan fingerprint density at radius 2 is 1.72 bits per heavy atom. The van der Waals surface area contributed by atoms with Crippen molar-refractivity contribution in [3.8, 4) is 0 Å². The molecule has 1 unspecified atom stereocenters. The van der Waals surface area contributed by atoms with Crippen LogP contribution in [0.4, 0.5) is 0 Å². The summed E-state index contributed by atoms with van der Waals surface area (Å²) in [6.07, 6.45) is -0.00129. The molecule has 0 saturated carbocycles. The Morgan fingerprint density at radius 1 is 1.22 bits per heavy atom. The Hall–Kier alpha value is -0.710. The molecule has 0 heterocycles. The van der Waals surface area contributed by atoms with Gasteiger partial charge in [-0.3, -0.25) is 14.2 Å². The fraction of sp³-hybridized carbons (Fsp3) is 0.818. The fourth-order valence-corrected chi connectivity index (χ4v) is 3.28. The molecule has 0 aromatic heterocycles. The molecule has 0 rings (SSSR count). The van der Waals surface area contributed by atoms with Crippen LogP contribution in [0, 0.1) is 5.92 Å². The SMILES string of the molecule is CCOP(=O)(CCC(CC(=O)O)C(C)=O)OCC. The van der Waals surface area contributed by atoms with Gasteiger partial charge in [-0.15, -0.1) is 0 Å². The molecule has 7 heteroatoms. The van der Waals surface area contributed by atoms with Crippen molar-refractivity contribution < 1.29 is 28.3 Å². The number of hydrogen-bond donors (Lipinski definition) is 1. The molecule has 0 spiro atoms. The molecule has 0 amide bonds. The third-order valence-corrected chi connectivity index (χ3v) is 4.51. The quantitative estimate of drug-likeness (QED) is 0.618. The highest BCUT2D eigenvalue weighted by atomic mass is 31.2. The standard InChI is InChI=1S/C11H21O6P/c1-4-16-18(15,17-5-2)7-6-10(9(3)12)8-11(13)14/h10H,4-8H2,1-3H3,(H,13,14). The van der Waals surface area contributed by atoms with Gasteiger partial charge in [0.05, 0.1) is 25.8 Å². The van der Waals surface area contributed by atoms with Gasteiger partial charge in [-0.05, 0) is 27.2 Å². The van der Waals surface area contributed by atoms with E-state index < -0.39 is 19.5 Å². The van der Waals surface area contributed by atoms with Crippen molar-refractivity contribution in [3.63, 3.8) is 0 Å². The average Bonchev–Trinajstić information content (AvgIpc) is 2.24. The molecule has 0 aromatic carbocycles. The van der Waals surface area contributed by atoms with Crippen molar-refractivity contribution in [2.24, 2.45) is 5.92 Å². The molecule has 6 nitrogen and oxygen atoms in total. The van der Waals surface area contributed by atoms with E-state index in [0.717, 1.165) is 0 Å². The third kappa shape index (κ3) is 6.89. The zero-order valence-electron chi connectivity index (χ0n) is 11.0. The van der Waals surface area contributed by atoms with Crippen LogP contribution < -0.4 is 0 Å². The van der Waals surface area contributed by atoms with E-state index in [4.69, 9.17) is 14.2 Å². The number of rotatable bonds is 10. The van der Waals surface area contributed by atoms with Crippen LogP contribution in [0.2, 0.25) is 0 Å². The summed E-state index contributed by atoms with van der Waals surface area (Å²) < 4.78 is 22.3. The third-order valence-electron chi connectivity index (χ3n) is 2.40. The van der Waals surface area contributed by atoms with Crippen LogP contribution in [0.5, 0.6) is 0 Å². The van der Waals surface area contributed by atoms with Crippen LogP contribution in [0.1, 0.15) is 33.6 Å². The highest BCUT2D eigenvalue weighted by molar-refractivity contribution is 7.53. The summed E-state index contributed by atoms with van der Waals surface area (Å²) in [5.41, 5.74) is 0. The molecule has 106 valence electrons. The molecule has 0 radical (unpaired) electrons. The summed E-state index contributed by atoms with van der Waals surface area (Å²) in [6, 6.07) is 0. The maximum Gasteiger partial charge on any atom is 0.330 e. The molecule has 0 aliphatic rings. The van der Waals surface area contributed by atoms with Crippen LogP contribution >= 0.6 is 7.60 Å². The normalized spacial score (nSPS) is 13.3. The first kappa shape index (κ1) is 17.3. The predicted molar refractivity (Wildman–Crippen MR) is 66.8 cm³/mol. The Kier molecular flexibility index (Phi) is 8.07. The first-order valence-corrected chi connectivity index (χ1v) is 7.67. The van der Waals surface area contributed by atoms with Crippen molar-refractivity contribution >= 4 is 19.3 Å². The first-order valence-electron chi connectivity index (χ1n) is 5.95. The molecular weight excluding hydrogens is 259 g/mol. The van der Waals surface area contributed by atoms with Crippen LogP contribution in [0.3, 0.4) is 0 Å². The number of carbonyl (C=O) groups is 2. The van der Waals surface area contributed by atoms with Gasteiger partial charge in [-0.1, -0.05) is 0 Å². The fourth-order valence-electron chi connectivity index (χ4n) is 1.53. The van der Waals surface area contributed by atoms with Gasteiger partial charge in [0.2, 0.25) is 0 Å². The lowest BCUT2D eigenvalue weighted by Gasteiger charge is -2.19. The van der Waals surface area contributed by atoms with E-state index in [-0.39, 0.29) is 38.0 Å². The zero-order chi connectivity index (χ0) is 14.2. The Morgan fingerprint density at radius 3 is 2.06 bits per heavy atom. The minimum atomic E-state index is -3.20. The monoisotopic (exact) mass is 280 g/mol. The Balaban J connectivity index is 4.50. The topological polar surface area (TPSA) is 89.9 Å². The van der Waals surface area contributed by atoms with Gasteiger partial charge in [0.1, 0.15) is 5.78 Å². The van der Waals surface area contributed by atoms with Crippen LogP contribution in [0.15, 0.2) is 0 Å². The number of carbonyl (C=O) groups excluding carboxylic acids is 1. The maximum atomic E-state index is 12.1. The number of ketones is 1. The van der Waals surface area contributed by atoms with Crippen LogP contribution in [0.25, 0.3) is 0 Å². The smallest absolute Gasteiger partial charge is 0.330 e. The van der Waals surface area contributed by atoms with E-state index in [1.807, 2.05) is 0 Å². The summed E-state index contributed by atoms with van der Waals surface area (Å²) in [4.78, 5) is 21.9. The van der Waals surface area contributed by atoms with Crippen molar-refractivity contribution in [3.05, 3.63) is 0 Å². The molecular formula is C11H21O6P. The number of Topliss-reactive ketones (excluding diaryl/α,β-unsaturated/α-hetero) is 1. The highest BCUT2D eigenvalue weighted by Gasteiger charge is 2.27. The molecule has 18 heavy (non-hydrogen) atoms. The van der Waals surface area contributed by atoms with Gasteiger partial charge in [-0.25, -0.2) is 0 Å². The molecule has 0 fully saturated rings. The molecule has 0 aliphatic carbocycles. The molecule has 1 atom stereocenters. The summed E-state index contributed by atoms with van der Waals surface area (Å²) >= 11 is 0. The minimum absolute atomic E-state index is 0.0617. The molecule has 0 saturated heterocycles. The van der Waals surface area contributed by atoms with Gasteiger partial charge in [0, 0.05) is 5.92 Å². The van der Waals surface area contributed by atoms with E-state index in [0.29, 0.717) is 0 Å². The number of carboxylic acids is 1. The number of carboxylic acid groups (broad SMARTS) is 1. The van der Waals surface area contributed by atoms with Crippen LogP contribution in [-0.2, 0) is 23.2 Å². The lowest BCUT2D eigenvalue weighted by Crippen LogP contribution is -2.17. The maximum absolute atomic E-state index is 12.1. The molecule has 0 aromatic rings. The second-order valence-electron chi connectivity index (χ2n) is 3.86. The second kappa shape index (κ2) is 8.40. The number of hydrogen-bond acceptors (Lipinski definition) is 5. The largest absolute Gasteiger partial charge is 0.481 e. The van der Waals surface area contributed by atoms with Gasteiger partial charge < -0.3 is 14.2 Å². The van der Waals surface area contributed by atoms with E-state index in [2.05, 4.69) is 0 Å². The zero-order valence-corrected chi connectivity index (χ0v) is 11.9. The molecule has 0 aliphatic heterocycles. The first-order chi connectivity index (χ1) is 8.34. The second-order valence-corrected chi connectivity index (χ2v) is 6.05. The summed E-state index contributed by atoms with van der Waals surface area (Å²) in [6.45, 7) is 5.23.